The lowest BCUT2D eigenvalue weighted by atomic mass is 9.90. The van der Waals surface area contributed by atoms with Crippen LogP contribution in [-0.4, -0.2) is 10.5 Å². The van der Waals surface area contributed by atoms with Crippen molar-refractivity contribution in [1.82, 2.24) is 9.99 Å². The molecule has 1 aromatic heterocycles. The maximum Gasteiger partial charge on any atom is 0.270 e. The normalized spacial score (nSPS) is 11.4. The average molecular weight is 251 g/mol. The van der Waals surface area contributed by atoms with Crippen molar-refractivity contribution < 1.29 is 4.79 Å². The molecule has 0 aliphatic heterocycles. The summed E-state index contributed by atoms with van der Waals surface area (Å²) in [5.41, 5.74) is 2.57. The predicted molar refractivity (Wildman–Crippen MR) is 71.3 cm³/mol. The van der Waals surface area contributed by atoms with Crippen molar-refractivity contribution in [1.29, 1.82) is 0 Å². The van der Waals surface area contributed by atoms with E-state index in [0.717, 1.165) is 12.1 Å². The molecule has 0 saturated heterocycles. The first-order valence-electron chi connectivity index (χ1n) is 6.08. The largest absolute Gasteiger partial charge is 0.311 e. The number of nitrogen functional groups attached to an aromatic ring is 1. The van der Waals surface area contributed by atoms with Gasteiger partial charge >= 0.3 is 0 Å². The number of nitrogens with zero attached hydrogens (tertiary/aromatic N) is 1. The van der Waals surface area contributed by atoms with E-state index in [-0.39, 0.29) is 16.5 Å². The average Bonchev–Trinajstić information content (AvgIpc) is 2.29. The maximum absolute atomic E-state index is 12.3. The van der Waals surface area contributed by atoms with Gasteiger partial charge in [0, 0.05) is 17.7 Å². The third-order valence-corrected chi connectivity index (χ3v) is 2.77. The lowest BCUT2D eigenvalue weighted by Crippen LogP contribution is -2.38. The first-order chi connectivity index (χ1) is 8.32. The number of carbonyl (C=O) groups is 1. The van der Waals surface area contributed by atoms with E-state index < -0.39 is 5.91 Å². The Labute approximate surface area is 107 Å². The highest BCUT2D eigenvalue weighted by Gasteiger charge is 2.21. The molecule has 0 bridgehead atoms. The van der Waals surface area contributed by atoms with Crippen LogP contribution in [0.1, 0.15) is 50.2 Å². The second kappa shape index (κ2) is 5.35. The molecule has 0 fully saturated rings. The molecule has 1 rings (SSSR count). The number of aromatic nitrogens is 1. The molecule has 0 radical (unpaired) electrons. The van der Waals surface area contributed by atoms with Crippen LogP contribution in [0.2, 0.25) is 0 Å². The van der Waals surface area contributed by atoms with Crippen LogP contribution in [0.4, 0.5) is 0 Å². The van der Waals surface area contributed by atoms with Crippen LogP contribution in [-0.2, 0) is 12.0 Å². The Bertz CT molecular complexity index is 498. The van der Waals surface area contributed by atoms with Crippen LogP contribution in [0.25, 0.3) is 0 Å². The summed E-state index contributed by atoms with van der Waals surface area (Å²) in [7, 11) is 0. The number of nitrogens with two attached hydrogens (primary N) is 1. The Kier molecular flexibility index (Phi) is 4.29. The van der Waals surface area contributed by atoms with E-state index in [9.17, 15) is 9.59 Å². The van der Waals surface area contributed by atoms with Gasteiger partial charge in [0.2, 0.25) is 0 Å². The highest BCUT2D eigenvalue weighted by Crippen LogP contribution is 2.21. The van der Waals surface area contributed by atoms with E-state index in [2.05, 4.69) is 0 Å². The van der Waals surface area contributed by atoms with Crippen LogP contribution in [0.3, 0.4) is 0 Å². The number of hydrazine groups is 1. The molecule has 5 heteroatoms. The second-order valence-corrected chi connectivity index (χ2v) is 5.31. The molecule has 0 atom stereocenters. The van der Waals surface area contributed by atoms with Crippen LogP contribution in [0.15, 0.2) is 16.9 Å². The molecule has 0 saturated carbocycles. The van der Waals surface area contributed by atoms with Crippen molar-refractivity contribution in [2.45, 2.75) is 46.1 Å². The molecule has 0 aromatic carbocycles. The molecule has 1 aromatic rings. The molecule has 5 nitrogen and oxygen atoms in total. The molecule has 1 heterocycles. The third kappa shape index (κ3) is 2.79. The van der Waals surface area contributed by atoms with E-state index in [1.165, 1.54) is 6.07 Å². The highest BCUT2D eigenvalue weighted by atomic mass is 16.2. The van der Waals surface area contributed by atoms with E-state index in [1.54, 1.807) is 4.57 Å². The number of pyridine rings is 1. The van der Waals surface area contributed by atoms with Crippen LogP contribution < -0.4 is 16.8 Å². The fraction of sp³-hybridized carbons (Fsp3) is 0.538. The smallest absolute Gasteiger partial charge is 0.270 e. The highest BCUT2D eigenvalue weighted by molar-refractivity contribution is 5.93. The fourth-order valence-electron chi connectivity index (χ4n) is 1.93. The SMILES string of the molecule is CCCn1c(C(C)(C)C)ccc(C(=O)NN)c1=O. The minimum absolute atomic E-state index is 0.0824. The van der Waals surface area contributed by atoms with Crippen molar-refractivity contribution in [3.05, 3.63) is 33.7 Å². The van der Waals surface area contributed by atoms with Crippen molar-refractivity contribution in [3.63, 3.8) is 0 Å². The number of hydrogen-bond acceptors (Lipinski definition) is 3. The van der Waals surface area contributed by atoms with Gasteiger partial charge in [-0.25, -0.2) is 5.84 Å². The van der Waals surface area contributed by atoms with Crippen molar-refractivity contribution in [2.24, 2.45) is 5.84 Å². The van der Waals surface area contributed by atoms with Crippen LogP contribution >= 0.6 is 0 Å². The molecule has 3 N–H and O–H groups in total. The van der Waals surface area contributed by atoms with Gasteiger partial charge in [0.05, 0.1) is 0 Å². The summed E-state index contributed by atoms with van der Waals surface area (Å²) in [6, 6.07) is 3.36. The van der Waals surface area contributed by atoms with E-state index in [0.29, 0.717) is 6.54 Å². The summed E-state index contributed by atoms with van der Waals surface area (Å²) < 4.78 is 1.66. The van der Waals surface area contributed by atoms with E-state index >= 15 is 0 Å². The number of amides is 1. The minimum Gasteiger partial charge on any atom is -0.311 e. The van der Waals surface area contributed by atoms with Gasteiger partial charge < -0.3 is 4.57 Å². The standard InChI is InChI=1S/C13H21N3O2/c1-5-8-16-10(13(2,3)4)7-6-9(12(16)18)11(17)15-14/h6-7H,5,8,14H2,1-4H3,(H,15,17). The molecule has 18 heavy (non-hydrogen) atoms. The van der Waals surface area contributed by atoms with Gasteiger partial charge in [0.1, 0.15) is 5.56 Å². The van der Waals surface area contributed by atoms with Gasteiger partial charge in [-0.3, -0.25) is 15.0 Å². The molecule has 0 aliphatic carbocycles. The van der Waals surface area contributed by atoms with Gasteiger partial charge in [-0.1, -0.05) is 27.7 Å². The summed E-state index contributed by atoms with van der Waals surface area (Å²) >= 11 is 0. The predicted octanol–water partition coefficient (Wildman–Crippen LogP) is 1.16. The summed E-state index contributed by atoms with van der Waals surface area (Å²) in [6.07, 6.45) is 0.830. The van der Waals surface area contributed by atoms with Crippen LogP contribution in [0, 0.1) is 0 Å². The van der Waals surface area contributed by atoms with Gasteiger partial charge in [0.15, 0.2) is 0 Å². The molecule has 1 amide bonds. The maximum atomic E-state index is 12.3. The Morgan fingerprint density at radius 1 is 1.39 bits per heavy atom. The quantitative estimate of drug-likeness (QED) is 0.481. The van der Waals surface area contributed by atoms with Crippen molar-refractivity contribution >= 4 is 5.91 Å². The molecule has 0 aliphatic rings. The Hall–Kier alpha value is -1.62. The zero-order valence-electron chi connectivity index (χ0n) is 11.4. The van der Waals surface area contributed by atoms with Crippen molar-refractivity contribution in [2.75, 3.05) is 0 Å². The minimum atomic E-state index is -0.551. The van der Waals surface area contributed by atoms with Gasteiger partial charge in [-0.05, 0) is 18.6 Å². The number of carbonyl (C=O) groups excluding carboxylic acids is 1. The lowest BCUT2D eigenvalue weighted by molar-refractivity contribution is 0.0951. The first kappa shape index (κ1) is 14.4. The Balaban J connectivity index is 3.47. The Morgan fingerprint density at radius 2 is 2.00 bits per heavy atom. The zero-order valence-corrected chi connectivity index (χ0v) is 11.4. The number of rotatable bonds is 3. The lowest BCUT2D eigenvalue weighted by Gasteiger charge is -2.24. The number of nitrogens with one attached hydrogen (secondary N) is 1. The van der Waals surface area contributed by atoms with Gasteiger partial charge in [-0.15, -0.1) is 0 Å². The third-order valence-electron chi connectivity index (χ3n) is 2.77. The summed E-state index contributed by atoms with van der Waals surface area (Å²) in [4.78, 5) is 23.8. The topological polar surface area (TPSA) is 77.1 Å². The van der Waals surface area contributed by atoms with Gasteiger partial charge in [0.25, 0.3) is 11.5 Å². The molecular formula is C13H21N3O2. The summed E-state index contributed by atoms with van der Waals surface area (Å²) in [6.45, 7) is 8.70. The summed E-state index contributed by atoms with van der Waals surface area (Å²) in [5, 5.41) is 0. The number of hydrogen-bond donors (Lipinski definition) is 2. The molecule has 0 spiro atoms. The molecule has 100 valence electrons. The monoisotopic (exact) mass is 251 g/mol. The van der Waals surface area contributed by atoms with Gasteiger partial charge in [-0.2, -0.15) is 0 Å². The fourth-order valence-corrected chi connectivity index (χ4v) is 1.93. The van der Waals surface area contributed by atoms with Crippen molar-refractivity contribution in [3.8, 4) is 0 Å². The zero-order chi connectivity index (χ0) is 13.9. The Morgan fingerprint density at radius 3 is 2.44 bits per heavy atom. The molecule has 0 unspecified atom stereocenters. The van der Waals surface area contributed by atoms with E-state index in [1.807, 2.05) is 39.2 Å². The molecular weight excluding hydrogens is 230 g/mol. The van der Waals surface area contributed by atoms with E-state index in [4.69, 9.17) is 5.84 Å². The van der Waals surface area contributed by atoms with Crippen LogP contribution in [0.5, 0.6) is 0 Å². The first-order valence-corrected chi connectivity index (χ1v) is 6.08. The second-order valence-electron chi connectivity index (χ2n) is 5.31. The summed E-state index contributed by atoms with van der Waals surface area (Å²) in [5.74, 6) is 4.52.